The van der Waals surface area contributed by atoms with Gasteiger partial charge in [-0.25, -0.2) is 0 Å². The number of halogens is 3. The molecule has 5 heteroatoms. The molecular formula is C4H4Cl3O2. The molecular weight excluding hydrogens is 186 g/mol. The van der Waals surface area contributed by atoms with E-state index in [1.165, 1.54) is 6.79 Å². The van der Waals surface area contributed by atoms with Gasteiger partial charge in [0.15, 0.2) is 0 Å². The highest BCUT2D eigenvalue weighted by Gasteiger charge is 2.36. The zero-order valence-electron chi connectivity index (χ0n) is 4.31. The number of hydrogen-bond acceptors (Lipinski definition) is 2. The second kappa shape index (κ2) is 2.81. The molecule has 1 rings (SSSR count). The van der Waals surface area contributed by atoms with Gasteiger partial charge in [-0.3, -0.25) is 0 Å². The second-order valence-electron chi connectivity index (χ2n) is 1.60. The summed E-state index contributed by atoms with van der Waals surface area (Å²) in [5.74, 6) is 0. The first-order chi connectivity index (χ1) is 4.11. The molecule has 0 aromatic rings. The largest absolute Gasteiger partial charge is 0.345 e. The number of alkyl halides is 3. The fraction of sp³-hybridized carbons (Fsp3) is 0.750. The van der Waals surface area contributed by atoms with Crippen LogP contribution in [0.25, 0.3) is 0 Å². The topological polar surface area (TPSA) is 18.5 Å². The first-order valence-corrected chi connectivity index (χ1v) is 3.39. The van der Waals surface area contributed by atoms with Crippen molar-refractivity contribution in [3.63, 3.8) is 0 Å². The summed E-state index contributed by atoms with van der Waals surface area (Å²) in [6, 6.07) is 0. The highest BCUT2D eigenvalue weighted by atomic mass is 35.6. The van der Waals surface area contributed by atoms with Gasteiger partial charge in [0.1, 0.15) is 6.10 Å². The Bertz CT molecular complexity index is 94.5. The molecule has 0 bridgehead atoms. The molecule has 2 nitrogen and oxygen atoms in total. The molecule has 0 saturated carbocycles. The van der Waals surface area contributed by atoms with Gasteiger partial charge in [0.25, 0.3) is 0 Å². The van der Waals surface area contributed by atoms with Crippen molar-refractivity contribution in [3.8, 4) is 0 Å². The van der Waals surface area contributed by atoms with E-state index in [9.17, 15) is 0 Å². The van der Waals surface area contributed by atoms with Crippen molar-refractivity contribution in [2.75, 3.05) is 6.61 Å². The molecule has 1 fully saturated rings. The third-order valence-corrected chi connectivity index (χ3v) is 1.63. The van der Waals surface area contributed by atoms with Gasteiger partial charge < -0.3 is 9.47 Å². The first-order valence-electron chi connectivity index (χ1n) is 2.26. The molecule has 0 aromatic carbocycles. The lowest BCUT2D eigenvalue weighted by Crippen LogP contribution is -2.26. The normalized spacial score (nSPS) is 29.0. The van der Waals surface area contributed by atoms with Crippen LogP contribution in [0.15, 0.2) is 0 Å². The average molecular weight is 190 g/mol. The van der Waals surface area contributed by atoms with Crippen LogP contribution < -0.4 is 0 Å². The predicted octanol–water partition coefficient (Wildman–Crippen LogP) is 1.89. The molecule has 9 heavy (non-hydrogen) atoms. The molecule has 1 aliphatic rings. The maximum Gasteiger partial charge on any atom is 0.218 e. The third kappa shape index (κ3) is 2.13. The molecule has 0 spiro atoms. The van der Waals surface area contributed by atoms with Gasteiger partial charge >= 0.3 is 0 Å². The molecule has 1 aliphatic heterocycles. The molecule has 1 radical (unpaired) electrons. The van der Waals surface area contributed by atoms with E-state index >= 15 is 0 Å². The molecule has 1 heterocycles. The Morgan fingerprint density at radius 3 is 2.33 bits per heavy atom. The second-order valence-corrected chi connectivity index (χ2v) is 3.96. The van der Waals surface area contributed by atoms with Crippen molar-refractivity contribution < 1.29 is 9.47 Å². The van der Waals surface area contributed by atoms with E-state index in [-0.39, 0.29) is 0 Å². The van der Waals surface area contributed by atoms with E-state index in [0.29, 0.717) is 6.61 Å². The number of rotatable bonds is 0. The fourth-order valence-electron chi connectivity index (χ4n) is 0.444. The van der Waals surface area contributed by atoms with E-state index < -0.39 is 9.90 Å². The lowest BCUT2D eigenvalue weighted by atomic mass is 10.4. The maximum absolute atomic E-state index is 5.45. The lowest BCUT2D eigenvalue weighted by molar-refractivity contribution is 0.129. The van der Waals surface area contributed by atoms with E-state index in [0.717, 1.165) is 0 Å². The van der Waals surface area contributed by atoms with Gasteiger partial charge in [-0.05, 0) is 0 Å². The van der Waals surface area contributed by atoms with Crippen LogP contribution in [-0.2, 0) is 9.47 Å². The van der Waals surface area contributed by atoms with Gasteiger partial charge in [0, 0.05) is 0 Å². The number of hydrogen-bond donors (Lipinski definition) is 0. The standard InChI is InChI=1S/C4H4Cl3O2/c5-4(6,7)3-1-8-2-9-3/h2-3H,1H2. The summed E-state index contributed by atoms with van der Waals surface area (Å²) in [7, 11) is 0. The molecule has 0 N–H and O–H groups in total. The van der Waals surface area contributed by atoms with E-state index in [1.807, 2.05) is 0 Å². The minimum atomic E-state index is -1.38. The number of ether oxygens (including phenoxy) is 2. The van der Waals surface area contributed by atoms with Crippen molar-refractivity contribution in [3.05, 3.63) is 6.79 Å². The SMILES string of the molecule is ClC(Cl)(Cl)C1CO[CH]O1. The van der Waals surface area contributed by atoms with Crippen LogP contribution >= 0.6 is 34.8 Å². The van der Waals surface area contributed by atoms with Gasteiger partial charge in [0.05, 0.1) is 6.61 Å². The van der Waals surface area contributed by atoms with Crippen molar-refractivity contribution in [1.29, 1.82) is 0 Å². The van der Waals surface area contributed by atoms with Crippen LogP contribution in [0.3, 0.4) is 0 Å². The molecule has 1 atom stereocenters. The minimum absolute atomic E-state index is 0.302. The smallest absolute Gasteiger partial charge is 0.218 e. The van der Waals surface area contributed by atoms with E-state index in [4.69, 9.17) is 39.5 Å². The highest BCUT2D eigenvalue weighted by molar-refractivity contribution is 6.68. The van der Waals surface area contributed by atoms with Gasteiger partial charge in [-0.2, -0.15) is 0 Å². The molecule has 0 aliphatic carbocycles. The molecule has 53 valence electrons. The van der Waals surface area contributed by atoms with Crippen LogP contribution in [0.2, 0.25) is 0 Å². The van der Waals surface area contributed by atoms with Crippen LogP contribution in [0.5, 0.6) is 0 Å². The highest BCUT2D eigenvalue weighted by Crippen LogP contribution is 2.34. The van der Waals surface area contributed by atoms with Crippen molar-refractivity contribution >= 4 is 34.8 Å². The Morgan fingerprint density at radius 1 is 1.44 bits per heavy atom. The summed E-state index contributed by atoms with van der Waals surface area (Å²) in [5.41, 5.74) is 0. The Labute approximate surface area is 68.0 Å². The third-order valence-electron chi connectivity index (χ3n) is 0.901. The zero-order chi connectivity index (χ0) is 6.91. The molecule has 1 unspecified atom stereocenters. The minimum Gasteiger partial charge on any atom is -0.345 e. The first kappa shape index (κ1) is 7.89. The van der Waals surface area contributed by atoms with E-state index in [2.05, 4.69) is 4.74 Å². The monoisotopic (exact) mass is 189 g/mol. The van der Waals surface area contributed by atoms with E-state index in [1.54, 1.807) is 0 Å². The summed E-state index contributed by atoms with van der Waals surface area (Å²) >= 11 is 16.3. The van der Waals surface area contributed by atoms with Gasteiger partial charge in [-0.15, -0.1) is 0 Å². The Morgan fingerprint density at radius 2 is 2.11 bits per heavy atom. The average Bonchev–Trinajstić information content (AvgIpc) is 2.08. The zero-order valence-corrected chi connectivity index (χ0v) is 6.58. The summed E-state index contributed by atoms with van der Waals surface area (Å²) in [4.78, 5) is 0. The van der Waals surface area contributed by atoms with Crippen LogP contribution in [0.4, 0.5) is 0 Å². The van der Waals surface area contributed by atoms with Gasteiger partial charge in [0.2, 0.25) is 10.6 Å². The Kier molecular flexibility index (Phi) is 2.46. The molecule has 0 amide bonds. The van der Waals surface area contributed by atoms with Gasteiger partial charge in [-0.1, -0.05) is 34.8 Å². The summed E-state index contributed by atoms with van der Waals surface area (Å²) in [6.07, 6.45) is -0.470. The summed E-state index contributed by atoms with van der Waals surface area (Å²) in [6.45, 7) is 1.48. The van der Waals surface area contributed by atoms with Crippen molar-refractivity contribution in [2.45, 2.75) is 9.90 Å². The quantitative estimate of drug-likeness (QED) is 0.543. The maximum atomic E-state index is 5.45. The predicted molar refractivity (Wildman–Crippen MR) is 35.4 cm³/mol. The fourth-order valence-corrected chi connectivity index (χ4v) is 0.787. The Hall–Kier alpha value is 0.790. The summed E-state index contributed by atoms with van der Waals surface area (Å²) < 4.78 is 8.08. The van der Waals surface area contributed by atoms with Crippen LogP contribution in [0.1, 0.15) is 0 Å². The van der Waals surface area contributed by atoms with Crippen LogP contribution in [0, 0.1) is 6.79 Å². The summed E-state index contributed by atoms with van der Waals surface area (Å²) in [5, 5.41) is 0. The Balaban J connectivity index is 2.42. The molecule has 1 saturated heterocycles. The van der Waals surface area contributed by atoms with Crippen LogP contribution in [-0.4, -0.2) is 16.5 Å². The molecule has 0 aromatic heterocycles. The van der Waals surface area contributed by atoms with Crippen molar-refractivity contribution in [1.82, 2.24) is 0 Å². The van der Waals surface area contributed by atoms with Crippen molar-refractivity contribution in [2.24, 2.45) is 0 Å². The lowest BCUT2D eigenvalue weighted by Gasteiger charge is -2.15.